The molecule has 1 aliphatic rings. The van der Waals surface area contributed by atoms with Gasteiger partial charge < -0.3 is 9.97 Å². The first-order chi connectivity index (χ1) is 12.4. The third-order valence-electron chi connectivity index (χ3n) is 5.03. The number of nitrogens with zero attached hydrogens (tertiary/aromatic N) is 1. The van der Waals surface area contributed by atoms with E-state index in [2.05, 4.69) is 9.97 Å². The number of nitrogens with one attached hydrogen (secondary N) is 2. The highest BCUT2D eigenvalue weighted by Crippen LogP contribution is 2.38. The maximum Gasteiger partial charge on any atom is 0.323 e. The molecule has 6 nitrogen and oxygen atoms in total. The number of sulfonamides is 1. The van der Waals surface area contributed by atoms with Crippen molar-refractivity contribution in [3.05, 3.63) is 64.6 Å². The Balaban J connectivity index is 1.75. The SMILES string of the molecule is CC(C1CC1)N(Cc1ccccc1)S(=O)(=O)c1ccc2[nH]c(=O)[nH]c2c1. The molecule has 1 aromatic heterocycles. The lowest BCUT2D eigenvalue weighted by atomic mass is 10.2. The van der Waals surface area contributed by atoms with Crippen molar-refractivity contribution in [2.24, 2.45) is 5.92 Å². The van der Waals surface area contributed by atoms with E-state index in [9.17, 15) is 13.2 Å². The molecule has 1 unspecified atom stereocenters. The van der Waals surface area contributed by atoms with Crippen LogP contribution >= 0.6 is 0 Å². The van der Waals surface area contributed by atoms with Crippen molar-refractivity contribution >= 4 is 21.1 Å². The first-order valence-electron chi connectivity index (χ1n) is 8.73. The largest absolute Gasteiger partial charge is 0.323 e. The second-order valence-electron chi connectivity index (χ2n) is 6.90. The average molecular weight is 371 g/mol. The molecule has 7 heteroatoms. The zero-order valence-electron chi connectivity index (χ0n) is 14.5. The molecule has 4 rings (SSSR count). The lowest BCUT2D eigenvalue weighted by Gasteiger charge is -2.28. The maximum atomic E-state index is 13.4. The van der Waals surface area contributed by atoms with Gasteiger partial charge in [0.1, 0.15) is 0 Å². The summed E-state index contributed by atoms with van der Waals surface area (Å²) < 4.78 is 28.4. The van der Waals surface area contributed by atoms with E-state index in [0.717, 1.165) is 18.4 Å². The van der Waals surface area contributed by atoms with Crippen LogP contribution in [0.2, 0.25) is 0 Å². The molecule has 2 aromatic carbocycles. The van der Waals surface area contributed by atoms with E-state index in [-0.39, 0.29) is 16.6 Å². The second kappa shape index (κ2) is 6.41. The van der Waals surface area contributed by atoms with E-state index in [1.54, 1.807) is 16.4 Å². The van der Waals surface area contributed by atoms with Crippen LogP contribution < -0.4 is 5.69 Å². The van der Waals surface area contributed by atoms with Crippen LogP contribution in [0.1, 0.15) is 25.3 Å². The highest BCUT2D eigenvalue weighted by molar-refractivity contribution is 7.89. The van der Waals surface area contributed by atoms with Gasteiger partial charge in [0.15, 0.2) is 0 Å². The number of H-pyrrole nitrogens is 2. The van der Waals surface area contributed by atoms with Gasteiger partial charge in [0.25, 0.3) is 0 Å². The summed E-state index contributed by atoms with van der Waals surface area (Å²) in [7, 11) is -3.69. The highest BCUT2D eigenvalue weighted by Gasteiger charge is 2.38. The maximum absolute atomic E-state index is 13.4. The number of hydrogen-bond acceptors (Lipinski definition) is 3. The Labute approximate surface area is 151 Å². The van der Waals surface area contributed by atoms with Gasteiger partial charge >= 0.3 is 5.69 Å². The van der Waals surface area contributed by atoms with Gasteiger partial charge in [-0.05, 0) is 49.4 Å². The molecule has 1 saturated carbocycles. The van der Waals surface area contributed by atoms with Crippen molar-refractivity contribution < 1.29 is 8.42 Å². The number of aromatic amines is 2. The van der Waals surface area contributed by atoms with Crippen LogP contribution in [0.15, 0.2) is 58.2 Å². The van der Waals surface area contributed by atoms with Crippen molar-refractivity contribution in [1.82, 2.24) is 14.3 Å². The van der Waals surface area contributed by atoms with E-state index < -0.39 is 10.0 Å². The molecule has 0 saturated heterocycles. The highest BCUT2D eigenvalue weighted by atomic mass is 32.2. The Morgan fingerprint density at radius 3 is 2.46 bits per heavy atom. The Bertz CT molecular complexity index is 1080. The Morgan fingerprint density at radius 1 is 1.08 bits per heavy atom. The molecular weight excluding hydrogens is 350 g/mol. The van der Waals surface area contributed by atoms with Gasteiger partial charge in [-0.3, -0.25) is 0 Å². The molecule has 0 amide bonds. The minimum atomic E-state index is -3.69. The minimum absolute atomic E-state index is 0.0684. The third-order valence-corrected chi connectivity index (χ3v) is 6.96. The van der Waals surface area contributed by atoms with E-state index in [4.69, 9.17) is 0 Å². The van der Waals surface area contributed by atoms with Crippen molar-refractivity contribution in [2.75, 3.05) is 0 Å². The van der Waals surface area contributed by atoms with Crippen LogP contribution in [0.4, 0.5) is 0 Å². The summed E-state index contributed by atoms with van der Waals surface area (Å²) in [6.45, 7) is 2.32. The molecule has 1 fully saturated rings. The normalized spacial score (nSPS) is 16.2. The smallest absolute Gasteiger partial charge is 0.306 e. The van der Waals surface area contributed by atoms with Gasteiger partial charge in [-0.2, -0.15) is 4.31 Å². The van der Waals surface area contributed by atoms with Crippen LogP contribution in [0, 0.1) is 5.92 Å². The van der Waals surface area contributed by atoms with Crippen molar-refractivity contribution in [1.29, 1.82) is 0 Å². The summed E-state index contributed by atoms with van der Waals surface area (Å²) in [6, 6.07) is 14.3. The summed E-state index contributed by atoms with van der Waals surface area (Å²) in [4.78, 5) is 16.9. The topological polar surface area (TPSA) is 86.0 Å². The standard InChI is InChI=1S/C19H21N3O3S/c1-13(15-7-8-15)22(12-14-5-3-2-4-6-14)26(24,25)16-9-10-17-18(11-16)21-19(23)20-17/h2-6,9-11,13,15H,7-8,12H2,1H3,(H2,20,21,23). The fourth-order valence-electron chi connectivity index (χ4n) is 3.33. The van der Waals surface area contributed by atoms with Crippen molar-refractivity contribution in [3.63, 3.8) is 0 Å². The molecule has 136 valence electrons. The number of rotatable bonds is 6. The predicted octanol–water partition coefficient (Wildman–Crippen LogP) is 2.85. The zero-order chi connectivity index (χ0) is 18.3. The van der Waals surface area contributed by atoms with Crippen LogP contribution in [-0.4, -0.2) is 28.7 Å². The number of fused-ring (bicyclic) bond motifs is 1. The molecule has 1 atom stereocenters. The molecule has 2 N–H and O–H groups in total. The lowest BCUT2D eigenvalue weighted by molar-refractivity contribution is 0.303. The van der Waals surface area contributed by atoms with E-state index in [1.165, 1.54) is 6.07 Å². The van der Waals surface area contributed by atoms with Gasteiger partial charge in [0.05, 0.1) is 15.9 Å². The Morgan fingerprint density at radius 2 is 1.77 bits per heavy atom. The quantitative estimate of drug-likeness (QED) is 0.699. The summed E-state index contributed by atoms with van der Waals surface area (Å²) in [5.74, 6) is 0.407. The first kappa shape index (κ1) is 17.1. The van der Waals surface area contributed by atoms with Crippen LogP contribution in [0.3, 0.4) is 0 Å². The molecule has 3 aromatic rings. The van der Waals surface area contributed by atoms with Gasteiger partial charge in [-0.15, -0.1) is 0 Å². The molecule has 1 heterocycles. The average Bonchev–Trinajstić information content (AvgIpc) is 3.40. The van der Waals surface area contributed by atoms with E-state index >= 15 is 0 Å². The summed E-state index contributed by atoms with van der Waals surface area (Å²) >= 11 is 0. The van der Waals surface area contributed by atoms with Gasteiger partial charge in [0, 0.05) is 12.6 Å². The number of imidazole rings is 1. The molecular formula is C19H21N3O3S. The molecule has 0 spiro atoms. The zero-order valence-corrected chi connectivity index (χ0v) is 15.3. The van der Waals surface area contributed by atoms with Crippen molar-refractivity contribution in [3.8, 4) is 0 Å². The Hall–Kier alpha value is -2.38. The first-order valence-corrected chi connectivity index (χ1v) is 10.2. The van der Waals surface area contributed by atoms with Gasteiger partial charge in [0.2, 0.25) is 10.0 Å². The summed E-state index contributed by atoms with van der Waals surface area (Å²) in [5.41, 5.74) is 1.70. The number of hydrogen-bond donors (Lipinski definition) is 2. The van der Waals surface area contributed by atoms with Crippen LogP contribution in [0.25, 0.3) is 11.0 Å². The van der Waals surface area contributed by atoms with Crippen LogP contribution in [-0.2, 0) is 16.6 Å². The van der Waals surface area contributed by atoms with E-state index in [1.807, 2.05) is 37.3 Å². The van der Waals surface area contributed by atoms with Crippen LogP contribution in [0.5, 0.6) is 0 Å². The fraction of sp³-hybridized carbons (Fsp3) is 0.316. The molecule has 26 heavy (non-hydrogen) atoms. The predicted molar refractivity (Wildman–Crippen MR) is 100 cm³/mol. The lowest BCUT2D eigenvalue weighted by Crippen LogP contribution is -2.39. The third kappa shape index (κ3) is 3.20. The Kier molecular flexibility index (Phi) is 4.20. The van der Waals surface area contributed by atoms with E-state index in [0.29, 0.717) is 23.5 Å². The van der Waals surface area contributed by atoms with Gasteiger partial charge in [-0.1, -0.05) is 30.3 Å². The molecule has 0 radical (unpaired) electrons. The molecule has 0 bridgehead atoms. The fourth-order valence-corrected chi connectivity index (χ4v) is 5.04. The summed E-state index contributed by atoms with van der Waals surface area (Å²) in [6.07, 6.45) is 2.12. The number of benzene rings is 2. The summed E-state index contributed by atoms with van der Waals surface area (Å²) in [5, 5.41) is 0. The number of aromatic nitrogens is 2. The van der Waals surface area contributed by atoms with Crippen molar-refractivity contribution in [2.45, 2.75) is 37.2 Å². The van der Waals surface area contributed by atoms with Gasteiger partial charge in [-0.25, -0.2) is 13.2 Å². The minimum Gasteiger partial charge on any atom is -0.306 e. The molecule has 1 aliphatic carbocycles. The monoisotopic (exact) mass is 371 g/mol. The molecule has 0 aliphatic heterocycles. The second-order valence-corrected chi connectivity index (χ2v) is 8.79.